The highest BCUT2D eigenvalue weighted by Gasteiger charge is 2.38. The summed E-state index contributed by atoms with van der Waals surface area (Å²) in [4.78, 5) is 22.3. The summed E-state index contributed by atoms with van der Waals surface area (Å²) in [6.07, 6.45) is 1.93. The molecule has 2 N–H and O–H groups in total. The number of hydrogen-bond acceptors (Lipinski definition) is 7. The molecule has 24 heavy (non-hydrogen) atoms. The molecule has 0 radical (unpaired) electrons. The number of carboxylic acid groups (broad SMARTS) is 1. The lowest BCUT2D eigenvalue weighted by Gasteiger charge is -2.17. The molecule has 0 aromatic carbocycles. The molecule has 9 heteroatoms. The Balaban J connectivity index is 1.88. The highest BCUT2D eigenvalue weighted by atomic mass is 16.4. The van der Waals surface area contributed by atoms with Crippen LogP contribution in [0.2, 0.25) is 0 Å². The molecular formula is C15H21N7O2. The molecule has 9 nitrogen and oxygen atoms in total. The molecule has 0 spiro atoms. The van der Waals surface area contributed by atoms with Gasteiger partial charge in [-0.2, -0.15) is 4.98 Å². The van der Waals surface area contributed by atoms with Crippen LogP contribution in [0.1, 0.15) is 23.7 Å². The molecule has 2 aromatic rings. The Morgan fingerprint density at radius 2 is 2.21 bits per heavy atom. The highest BCUT2D eigenvalue weighted by Crippen LogP contribution is 2.35. The Bertz CT molecular complexity index is 745. The van der Waals surface area contributed by atoms with Crippen molar-refractivity contribution in [2.75, 3.05) is 30.4 Å². The van der Waals surface area contributed by atoms with Gasteiger partial charge in [-0.05, 0) is 12.8 Å². The Hall–Kier alpha value is -2.71. The summed E-state index contributed by atoms with van der Waals surface area (Å²) in [5, 5.41) is 20.4. The first-order valence-electron chi connectivity index (χ1n) is 7.82. The molecular weight excluding hydrogens is 310 g/mol. The van der Waals surface area contributed by atoms with E-state index in [1.165, 1.54) is 0 Å². The third-order valence-electron chi connectivity index (χ3n) is 4.26. The second kappa shape index (κ2) is 6.42. The van der Waals surface area contributed by atoms with Gasteiger partial charge >= 0.3 is 5.97 Å². The molecule has 0 unspecified atom stereocenters. The van der Waals surface area contributed by atoms with Crippen molar-refractivity contribution in [1.82, 2.24) is 25.0 Å². The molecule has 0 bridgehead atoms. The first-order valence-corrected chi connectivity index (χ1v) is 7.82. The molecule has 2 atom stereocenters. The van der Waals surface area contributed by atoms with Crippen LogP contribution in [-0.2, 0) is 11.8 Å². The van der Waals surface area contributed by atoms with Crippen molar-refractivity contribution in [2.45, 2.75) is 19.3 Å². The van der Waals surface area contributed by atoms with Crippen molar-refractivity contribution in [3.8, 4) is 0 Å². The molecule has 1 aliphatic heterocycles. The zero-order chi connectivity index (χ0) is 17.3. The van der Waals surface area contributed by atoms with Gasteiger partial charge < -0.3 is 15.3 Å². The maximum absolute atomic E-state index is 11.2. The molecule has 2 aromatic heterocycles. The van der Waals surface area contributed by atoms with Crippen LogP contribution < -0.4 is 10.2 Å². The van der Waals surface area contributed by atoms with Crippen LogP contribution in [-0.4, -0.2) is 56.2 Å². The molecule has 0 saturated carbocycles. The lowest BCUT2D eigenvalue weighted by molar-refractivity contribution is -0.138. The van der Waals surface area contributed by atoms with Gasteiger partial charge in [0, 0.05) is 51.1 Å². The number of aryl methyl sites for hydroxylation is 2. The van der Waals surface area contributed by atoms with Gasteiger partial charge in [-0.3, -0.25) is 9.48 Å². The molecule has 1 saturated heterocycles. The third-order valence-corrected chi connectivity index (χ3v) is 4.26. The Morgan fingerprint density at radius 1 is 1.42 bits per heavy atom. The number of aliphatic carboxylic acids is 1. The topological polar surface area (TPSA) is 109 Å². The maximum atomic E-state index is 11.2. The number of rotatable bonds is 5. The Labute approximate surface area is 139 Å². The molecule has 1 fully saturated rings. The van der Waals surface area contributed by atoms with E-state index in [2.05, 4.69) is 25.6 Å². The SMILES string of the molecule is CNc1cc(C)nc(N2C[C@H](CC(=O)O)[C@H](c3cn(C)nn3)C2)n1. The fourth-order valence-electron chi connectivity index (χ4n) is 3.16. The normalized spacial score (nSPS) is 20.4. The van der Waals surface area contributed by atoms with E-state index in [9.17, 15) is 9.90 Å². The largest absolute Gasteiger partial charge is 0.481 e. The Morgan fingerprint density at radius 3 is 2.83 bits per heavy atom. The van der Waals surface area contributed by atoms with Gasteiger partial charge in [-0.25, -0.2) is 4.98 Å². The van der Waals surface area contributed by atoms with E-state index in [0.717, 1.165) is 17.2 Å². The van der Waals surface area contributed by atoms with Gasteiger partial charge in [-0.15, -0.1) is 5.10 Å². The van der Waals surface area contributed by atoms with Gasteiger partial charge in [-0.1, -0.05) is 5.21 Å². The number of carbonyl (C=O) groups is 1. The van der Waals surface area contributed by atoms with E-state index in [4.69, 9.17) is 0 Å². The van der Waals surface area contributed by atoms with Crippen molar-refractivity contribution in [3.05, 3.63) is 23.7 Å². The minimum atomic E-state index is -0.809. The third kappa shape index (κ3) is 3.29. The van der Waals surface area contributed by atoms with Crippen molar-refractivity contribution in [2.24, 2.45) is 13.0 Å². The summed E-state index contributed by atoms with van der Waals surface area (Å²) in [6, 6.07) is 1.87. The van der Waals surface area contributed by atoms with Crippen LogP contribution >= 0.6 is 0 Å². The molecule has 3 rings (SSSR count). The summed E-state index contributed by atoms with van der Waals surface area (Å²) in [7, 11) is 3.61. The minimum Gasteiger partial charge on any atom is -0.481 e. The first kappa shape index (κ1) is 16.2. The summed E-state index contributed by atoms with van der Waals surface area (Å²) < 4.78 is 1.64. The fraction of sp³-hybridized carbons (Fsp3) is 0.533. The summed E-state index contributed by atoms with van der Waals surface area (Å²) in [6.45, 7) is 3.13. The Kier molecular flexibility index (Phi) is 4.32. The summed E-state index contributed by atoms with van der Waals surface area (Å²) in [5.41, 5.74) is 1.68. The summed E-state index contributed by atoms with van der Waals surface area (Å²) >= 11 is 0. The van der Waals surface area contributed by atoms with E-state index >= 15 is 0 Å². The molecule has 1 aliphatic rings. The van der Waals surface area contributed by atoms with E-state index in [-0.39, 0.29) is 18.3 Å². The summed E-state index contributed by atoms with van der Waals surface area (Å²) in [5.74, 6) is 0.492. The van der Waals surface area contributed by atoms with Crippen LogP contribution in [0.25, 0.3) is 0 Å². The number of nitrogens with one attached hydrogen (secondary N) is 1. The van der Waals surface area contributed by atoms with E-state index in [1.54, 1.807) is 11.7 Å². The number of aromatic nitrogens is 5. The van der Waals surface area contributed by atoms with Gasteiger partial charge in [0.05, 0.1) is 12.1 Å². The molecule has 0 aliphatic carbocycles. The second-order valence-corrected chi connectivity index (χ2v) is 6.13. The molecule has 128 valence electrons. The van der Waals surface area contributed by atoms with Crippen LogP contribution in [0.3, 0.4) is 0 Å². The van der Waals surface area contributed by atoms with Gasteiger partial charge in [0.2, 0.25) is 5.95 Å². The quantitative estimate of drug-likeness (QED) is 0.822. The zero-order valence-corrected chi connectivity index (χ0v) is 14.0. The first-order chi connectivity index (χ1) is 11.5. The van der Waals surface area contributed by atoms with Gasteiger partial charge in [0.15, 0.2) is 0 Å². The number of hydrogen-bond donors (Lipinski definition) is 2. The van der Waals surface area contributed by atoms with Crippen molar-refractivity contribution < 1.29 is 9.90 Å². The van der Waals surface area contributed by atoms with E-state index < -0.39 is 5.97 Å². The molecule has 3 heterocycles. The molecule has 0 amide bonds. The minimum absolute atomic E-state index is 0.00283. The predicted molar refractivity (Wildman–Crippen MR) is 88.0 cm³/mol. The lowest BCUT2D eigenvalue weighted by atomic mass is 9.91. The average molecular weight is 331 g/mol. The lowest BCUT2D eigenvalue weighted by Crippen LogP contribution is -2.23. The van der Waals surface area contributed by atoms with Crippen LogP contribution in [0.4, 0.5) is 11.8 Å². The van der Waals surface area contributed by atoms with Crippen LogP contribution in [0.15, 0.2) is 12.3 Å². The van der Waals surface area contributed by atoms with Crippen molar-refractivity contribution >= 4 is 17.7 Å². The second-order valence-electron chi connectivity index (χ2n) is 6.13. The van der Waals surface area contributed by atoms with Crippen LogP contribution in [0, 0.1) is 12.8 Å². The smallest absolute Gasteiger partial charge is 0.303 e. The predicted octanol–water partition coefficient (Wildman–Crippen LogP) is 0.650. The number of anilines is 2. The zero-order valence-electron chi connectivity index (χ0n) is 14.0. The van der Waals surface area contributed by atoms with Gasteiger partial charge in [0.25, 0.3) is 0 Å². The van der Waals surface area contributed by atoms with Crippen LogP contribution in [0.5, 0.6) is 0 Å². The van der Waals surface area contributed by atoms with E-state index in [0.29, 0.717) is 19.0 Å². The van der Waals surface area contributed by atoms with Crippen molar-refractivity contribution in [3.63, 3.8) is 0 Å². The number of nitrogens with zero attached hydrogens (tertiary/aromatic N) is 6. The fourth-order valence-corrected chi connectivity index (χ4v) is 3.16. The monoisotopic (exact) mass is 331 g/mol. The van der Waals surface area contributed by atoms with Gasteiger partial charge in [0.1, 0.15) is 5.82 Å². The average Bonchev–Trinajstić information content (AvgIpc) is 3.12. The maximum Gasteiger partial charge on any atom is 0.303 e. The standard InChI is InChI=1S/C15H21N7O2/c1-9-4-13(16-2)18-15(17-9)22-6-10(5-14(23)24)11(7-22)12-8-21(3)20-19-12/h4,8,10-11H,5-7H2,1-3H3,(H,23,24)(H,16,17,18)/t10-,11+/m0/s1. The van der Waals surface area contributed by atoms with Crippen molar-refractivity contribution in [1.29, 1.82) is 0 Å². The number of carboxylic acids is 1. The highest BCUT2D eigenvalue weighted by molar-refractivity contribution is 5.67. The van der Waals surface area contributed by atoms with E-state index in [1.807, 2.05) is 31.1 Å².